The van der Waals surface area contributed by atoms with Gasteiger partial charge in [0.05, 0.1) is 7.11 Å². The second-order valence-corrected chi connectivity index (χ2v) is 3.79. The Morgan fingerprint density at radius 3 is 2.89 bits per heavy atom. The van der Waals surface area contributed by atoms with E-state index in [1.54, 1.807) is 6.07 Å². The van der Waals surface area contributed by atoms with Gasteiger partial charge in [-0.15, -0.1) is 0 Å². The molecule has 100 valence electrons. The first-order valence-corrected chi connectivity index (χ1v) is 6.06. The molecular formula is C15H16O4. The number of esters is 1. The van der Waals surface area contributed by atoms with Crippen molar-refractivity contribution in [2.24, 2.45) is 0 Å². The predicted molar refractivity (Wildman–Crippen MR) is 71.4 cm³/mol. The summed E-state index contributed by atoms with van der Waals surface area (Å²) in [5.41, 5.74) is 0. The molecule has 0 N–H and O–H groups in total. The summed E-state index contributed by atoms with van der Waals surface area (Å²) in [6, 6.07) is 3.13. The zero-order valence-electron chi connectivity index (χ0n) is 11.1. The first-order valence-electron chi connectivity index (χ1n) is 6.06. The summed E-state index contributed by atoms with van der Waals surface area (Å²) in [7, 11) is 1.29. The number of methoxy groups -OCH3 is 1. The van der Waals surface area contributed by atoms with Crippen LogP contribution in [0.3, 0.4) is 0 Å². The van der Waals surface area contributed by atoms with Gasteiger partial charge in [0, 0.05) is 12.5 Å². The highest BCUT2D eigenvalue weighted by Gasteiger charge is 2.07. The normalized spacial score (nSPS) is 10.0. The van der Waals surface area contributed by atoms with Crippen LogP contribution in [-0.4, -0.2) is 18.9 Å². The van der Waals surface area contributed by atoms with E-state index in [2.05, 4.69) is 23.5 Å². The summed E-state index contributed by atoms with van der Waals surface area (Å²) in [6.45, 7) is 2.07. The molecule has 0 aliphatic carbocycles. The van der Waals surface area contributed by atoms with Gasteiger partial charge in [-0.05, 0) is 30.6 Å². The predicted octanol–water partition coefficient (Wildman–Crippen LogP) is 2.84. The summed E-state index contributed by atoms with van der Waals surface area (Å²) in [5.74, 6) is 5.07. The summed E-state index contributed by atoms with van der Waals surface area (Å²) in [4.78, 5) is 22.5. The Balaban J connectivity index is 2.63. The van der Waals surface area contributed by atoms with Gasteiger partial charge in [0.25, 0.3) is 5.78 Å². The first-order chi connectivity index (χ1) is 9.17. The summed E-state index contributed by atoms with van der Waals surface area (Å²) in [5, 5.41) is 0. The lowest BCUT2D eigenvalue weighted by atomic mass is 10.2. The minimum atomic E-state index is -0.483. The summed E-state index contributed by atoms with van der Waals surface area (Å²) < 4.78 is 9.70. The molecular weight excluding hydrogens is 244 g/mol. The van der Waals surface area contributed by atoms with Crippen LogP contribution in [0.2, 0.25) is 0 Å². The fourth-order valence-corrected chi connectivity index (χ4v) is 1.25. The van der Waals surface area contributed by atoms with Crippen LogP contribution >= 0.6 is 0 Å². The van der Waals surface area contributed by atoms with Crippen molar-refractivity contribution in [2.75, 3.05) is 7.11 Å². The molecule has 4 nitrogen and oxygen atoms in total. The van der Waals surface area contributed by atoms with Crippen molar-refractivity contribution in [2.45, 2.75) is 26.2 Å². The number of carbonyl (C=O) groups excluding carboxylic acids is 2. The van der Waals surface area contributed by atoms with E-state index in [0.29, 0.717) is 12.2 Å². The van der Waals surface area contributed by atoms with Crippen LogP contribution in [0.5, 0.6) is 0 Å². The first kappa shape index (κ1) is 14.8. The monoisotopic (exact) mass is 260 g/mol. The summed E-state index contributed by atoms with van der Waals surface area (Å²) in [6.07, 6.45) is 5.39. The van der Waals surface area contributed by atoms with Crippen LogP contribution in [0.1, 0.15) is 42.5 Å². The zero-order valence-corrected chi connectivity index (χ0v) is 11.1. The van der Waals surface area contributed by atoms with E-state index in [1.165, 1.54) is 25.3 Å². The van der Waals surface area contributed by atoms with Crippen LogP contribution in [0, 0.1) is 11.8 Å². The molecule has 0 aromatic carbocycles. The lowest BCUT2D eigenvalue weighted by Gasteiger charge is -1.89. The van der Waals surface area contributed by atoms with Crippen molar-refractivity contribution >= 4 is 17.8 Å². The molecule has 0 saturated heterocycles. The second kappa shape index (κ2) is 7.93. The van der Waals surface area contributed by atoms with Crippen molar-refractivity contribution in [3.05, 3.63) is 29.7 Å². The maximum atomic E-state index is 11.6. The molecule has 1 aromatic heterocycles. The van der Waals surface area contributed by atoms with E-state index >= 15 is 0 Å². The molecule has 1 rings (SSSR count). The third-order valence-electron chi connectivity index (χ3n) is 2.29. The van der Waals surface area contributed by atoms with E-state index < -0.39 is 5.97 Å². The lowest BCUT2D eigenvalue weighted by Crippen LogP contribution is -1.93. The molecule has 0 spiro atoms. The molecule has 0 unspecified atom stereocenters. The average molecular weight is 260 g/mol. The largest absolute Gasteiger partial charge is 0.466 e. The van der Waals surface area contributed by atoms with Crippen LogP contribution in [-0.2, 0) is 9.53 Å². The van der Waals surface area contributed by atoms with E-state index in [4.69, 9.17) is 4.42 Å². The Labute approximate surface area is 112 Å². The molecule has 19 heavy (non-hydrogen) atoms. The Morgan fingerprint density at radius 1 is 1.42 bits per heavy atom. The number of ether oxygens (including phenoxy) is 1. The van der Waals surface area contributed by atoms with Gasteiger partial charge in [0.15, 0.2) is 5.76 Å². The number of furan rings is 1. The quantitative estimate of drug-likeness (QED) is 0.204. The number of ketones is 1. The van der Waals surface area contributed by atoms with Gasteiger partial charge in [0.2, 0.25) is 0 Å². The zero-order chi connectivity index (χ0) is 14.1. The highest BCUT2D eigenvalue weighted by Crippen LogP contribution is 2.10. The molecule has 0 aliphatic heterocycles. The maximum Gasteiger partial charge on any atom is 0.330 e. The third-order valence-corrected chi connectivity index (χ3v) is 2.29. The number of hydrogen-bond acceptors (Lipinski definition) is 4. The molecule has 1 aromatic rings. The van der Waals surface area contributed by atoms with Gasteiger partial charge in [-0.3, -0.25) is 4.79 Å². The molecule has 1 heterocycles. The van der Waals surface area contributed by atoms with E-state index in [0.717, 1.165) is 12.8 Å². The maximum absolute atomic E-state index is 11.6. The molecule has 0 saturated carbocycles. The molecule has 0 radical (unpaired) electrons. The minimum Gasteiger partial charge on any atom is -0.466 e. The highest BCUT2D eigenvalue weighted by molar-refractivity contribution is 6.07. The molecule has 0 aliphatic rings. The van der Waals surface area contributed by atoms with Gasteiger partial charge in [-0.1, -0.05) is 19.3 Å². The van der Waals surface area contributed by atoms with E-state index in [9.17, 15) is 9.59 Å². The molecule has 0 fully saturated rings. The van der Waals surface area contributed by atoms with E-state index in [-0.39, 0.29) is 11.5 Å². The fourth-order valence-electron chi connectivity index (χ4n) is 1.25. The summed E-state index contributed by atoms with van der Waals surface area (Å²) >= 11 is 0. The second-order valence-electron chi connectivity index (χ2n) is 3.79. The van der Waals surface area contributed by atoms with Gasteiger partial charge in [-0.25, -0.2) is 4.79 Å². The van der Waals surface area contributed by atoms with Crippen LogP contribution in [0.4, 0.5) is 0 Å². The number of unbranched alkanes of at least 4 members (excludes halogenated alkanes) is 2. The van der Waals surface area contributed by atoms with E-state index in [1.807, 2.05) is 0 Å². The Morgan fingerprint density at radius 2 is 2.21 bits per heavy atom. The topological polar surface area (TPSA) is 56.5 Å². The van der Waals surface area contributed by atoms with Crippen molar-refractivity contribution in [3.63, 3.8) is 0 Å². The Bertz CT molecular complexity index is 526. The minimum absolute atomic E-state index is 0.175. The van der Waals surface area contributed by atoms with Crippen LogP contribution in [0.25, 0.3) is 6.08 Å². The fraction of sp³-hybridized carbons (Fsp3) is 0.333. The number of rotatable bonds is 5. The molecule has 4 heteroatoms. The standard InChI is InChI=1S/C15H16O4/c1-3-4-5-6-7-13(16)14-10-8-12(19-14)9-11-15(17)18-2/h8-11H,3-5H2,1-2H3. The smallest absolute Gasteiger partial charge is 0.330 e. The Hall–Kier alpha value is -2.28. The van der Waals surface area contributed by atoms with Crippen LogP contribution in [0.15, 0.2) is 22.6 Å². The molecule has 0 bridgehead atoms. The highest BCUT2D eigenvalue weighted by atomic mass is 16.5. The lowest BCUT2D eigenvalue weighted by molar-refractivity contribution is -0.134. The average Bonchev–Trinajstić information content (AvgIpc) is 2.89. The SMILES string of the molecule is CCCCC#CC(=O)c1ccc(C=CC(=O)OC)o1. The Kier molecular flexibility index (Phi) is 6.17. The van der Waals surface area contributed by atoms with Crippen molar-refractivity contribution in [1.82, 2.24) is 0 Å². The van der Waals surface area contributed by atoms with Crippen molar-refractivity contribution in [1.29, 1.82) is 0 Å². The van der Waals surface area contributed by atoms with Gasteiger partial charge in [-0.2, -0.15) is 0 Å². The van der Waals surface area contributed by atoms with Crippen molar-refractivity contribution < 1.29 is 18.7 Å². The number of hydrogen-bond donors (Lipinski definition) is 0. The molecule has 0 amide bonds. The van der Waals surface area contributed by atoms with Crippen LogP contribution < -0.4 is 0 Å². The molecule has 0 atom stereocenters. The number of carbonyl (C=O) groups is 2. The third kappa shape index (κ3) is 5.26. The van der Waals surface area contributed by atoms with Gasteiger partial charge >= 0.3 is 5.97 Å². The van der Waals surface area contributed by atoms with Gasteiger partial charge < -0.3 is 9.15 Å². The number of Topliss-reactive ketones (excluding diaryl/α,β-unsaturated/α-hetero) is 1. The van der Waals surface area contributed by atoms with Crippen molar-refractivity contribution in [3.8, 4) is 11.8 Å². The van der Waals surface area contributed by atoms with Gasteiger partial charge in [0.1, 0.15) is 5.76 Å².